The van der Waals surface area contributed by atoms with Crippen LogP contribution in [-0.2, 0) is 0 Å². The summed E-state index contributed by atoms with van der Waals surface area (Å²) in [6, 6.07) is 1.81. The van der Waals surface area contributed by atoms with E-state index in [4.69, 9.17) is 5.73 Å². The van der Waals surface area contributed by atoms with Crippen molar-refractivity contribution < 1.29 is 4.79 Å². The van der Waals surface area contributed by atoms with E-state index < -0.39 is 5.91 Å². The largest absolute Gasteiger partial charge is 0.365 e. The summed E-state index contributed by atoms with van der Waals surface area (Å²) in [6.45, 7) is 1.85. The van der Waals surface area contributed by atoms with Gasteiger partial charge in [-0.1, -0.05) is 0 Å². The van der Waals surface area contributed by atoms with Gasteiger partial charge in [0.25, 0.3) is 5.91 Å². The number of carbonyl (C=O) groups is 1. The SMILES string of the molecule is Cc1ccn2ncc(C(N)=O)c2n1. The number of hydrogen-bond donors (Lipinski definition) is 1. The molecule has 0 radical (unpaired) electrons. The summed E-state index contributed by atoms with van der Waals surface area (Å²) >= 11 is 0. The van der Waals surface area contributed by atoms with E-state index >= 15 is 0 Å². The molecule has 2 rings (SSSR count). The van der Waals surface area contributed by atoms with Crippen LogP contribution in [0.2, 0.25) is 0 Å². The van der Waals surface area contributed by atoms with Crippen LogP contribution in [0.15, 0.2) is 18.5 Å². The quantitative estimate of drug-likeness (QED) is 0.671. The van der Waals surface area contributed by atoms with Crippen LogP contribution in [0.3, 0.4) is 0 Å². The van der Waals surface area contributed by atoms with Crippen molar-refractivity contribution in [3.05, 3.63) is 29.7 Å². The van der Waals surface area contributed by atoms with E-state index in [1.807, 2.05) is 13.0 Å². The van der Waals surface area contributed by atoms with E-state index in [-0.39, 0.29) is 0 Å². The summed E-state index contributed by atoms with van der Waals surface area (Å²) in [6.07, 6.45) is 3.16. The third-order valence-electron chi connectivity index (χ3n) is 1.77. The van der Waals surface area contributed by atoms with Gasteiger partial charge in [-0.15, -0.1) is 0 Å². The summed E-state index contributed by atoms with van der Waals surface area (Å²) in [5, 5.41) is 3.93. The van der Waals surface area contributed by atoms with Crippen LogP contribution in [-0.4, -0.2) is 20.5 Å². The van der Waals surface area contributed by atoms with Gasteiger partial charge in [-0.25, -0.2) is 9.50 Å². The van der Waals surface area contributed by atoms with Crippen LogP contribution < -0.4 is 5.73 Å². The van der Waals surface area contributed by atoms with Gasteiger partial charge >= 0.3 is 0 Å². The molecule has 0 spiro atoms. The standard InChI is InChI=1S/C8H8N4O/c1-5-2-3-12-8(11-5)6(4-10-12)7(9)13/h2-4H,1H3,(H2,9,13). The molecule has 5 nitrogen and oxygen atoms in total. The zero-order chi connectivity index (χ0) is 9.42. The van der Waals surface area contributed by atoms with Crippen LogP contribution >= 0.6 is 0 Å². The van der Waals surface area contributed by atoms with Crippen molar-refractivity contribution in [1.29, 1.82) is 0 Å². The van der Waals surface area contributed by atoms with E-state index in [9.17, 15) is 4.79 Å². The number of aryl methyl sites for hydroxylation is 1. The zero-order valence-corrected chi connectivity index (χ0v) is 7.06. The van der Waals surface area contributed by atoms with Crippen molar-refractivity contribution in [3.8, 4) is 0 Å². The first kappa shape index (κ1) is 7.72. The second-order valence-electron chi connectivity index (χ2n) is 2.76. The number of fused-ring (bicyclic) bond motifs is 1. The van der Waals surface area contributed by atoms with Crippen molar-refractivity contribution in [1.82, 2.24) is 14.6 Å². The van der Waals surface area contributed by atoms with E-state index in [0.717, 1.165) is 5.69 Å². The fraction of sp³-hybridized carbons (Fsp3) is 0.125. The number of primary amides is 1. The number of hydrogen-bond acceptors (Lipinski definition) is 3. The fourth-order valence-corrected chi connectivity index (χ4v) is 1.13. The first-order valence-electron chi connectivity index (χ1n) is 3.79. The van der Waals surface area contributed by atoms with Crippen LogP contribution in [0, 0.1) is 6.92 Å². The Morgan fingerprint density at radius 3 is 3.08 bits per heavy atom. The van der Waals surface area contributed by atoms with Gasteiger partial charge in [-0.05, 0) is 13.0 Å². The molecule has 2 aromatic heterocycles. The van der Waals surface area contributed by atoms with Crippen LogP contribution in [0.5, 0.6) is 0 Å². The molecule has 13 heavy (non-hydrogen) atoms. The molecule has 0 fully saturated rings. The Labute approximate surface area is 74.2 Å². The van der Waals surface area contributed by atoms with Crippen molar-refractivity contribution in [2.75, 3.05) is 0 Å². The summed E-state index contributed by atoms with van der Waals surface area (Å²) in [7, 11) is 0. The molecule has 0 unspecified atom stereocenters. The van der Waals surface area contributed by atoms with Gasteiger partial charge < -0.3 is 5.73 Å². The molecule has 0 bridgehead atoms. The molecular formula is C8H8N4O. The first-order chi connectivity index (χ1) is 6.18. The topological polar surface area (TPSA) is 73.3 Å². The molecular weight excluding hydrogens is 168 g/mol. The predicted octanol–water partition coefficient (Wildman–Crippen LogP) is 0.137. The van der Waals surface area contributed by atoms with Crippen LogP contribution in [0.1, 0.15) is 16.1 Å². The van der Waals surface area contributed by atoms with Gasteiger partial charge in [-0.2, -0.15) is 5.10 Å². The minimum Gasteiger partial charge on any atom is -0.365 e. The highest BCUT2D eigenvalue weighted by atomic mass is 16.1. The lowest BCUT2D eigenvalue weighted by Crippen LogP contribution is -2.11. The Hall–Kier alpha value is -1.91. The van der Waals surface area contributed by atoms with Crippen molar-refractivity contribution >= 4 is 11.6 Å². The van der Waals surface area contributed by atoms with E-state index in [1.165, 1.54) is 10.7 Å². The minimum absolute atomic E-state index is 0.351. The van der Waals surface area contributed by atoms with Gasteiger partial charge in [0.05, 0.1) is 6.20 Å². The van der Waals surface area contributed by atoms with E-state index in [2.05, 4.69) is 10.1 Å². The molecule has 0 atom stereocenters. The summed E-state index contributed by atoms with van der Waals surface area (Å²) in [5.74, 6) is -0.506. The lowest BCUT2D eigenvalue weighted by molar-refractivity contribution is 0.100. The number of nitrogens with zero attached hydrogens (tertiary/aromatic N) is 3. The summed E-state index contributed by atoms with van der Waals surface area (Å²) < 4.78 is 1.52. The fourth-order valence-electron chi connectivity index (χ4n) is 1.13. The van der Waals surface area contributed by atoms with Crippen LogP contribution in [0.4, 0.5) is 0 Å². The molecule has 0 saturated carbocycles. The molecule has 66 valence electrons. The summed E-state index contributed by atoms with van der Waals surface area (Å²) in [4.78, 5) is 15.1. The highest BCUT2D eigenvalue weighted by Gasteiger charge is 2.09. The average molecular weight is 176 g/mol. The Morgan fingerprint density at radius 2 is 2.38 bits per heavy atom. The molecule has 5 heteroatoms. The lowest BCUT2D eigenvalue weighted by Gasteiger charge is -1.94. The number of nitrogens with two attached hydrogens (primary N) is 1. The Morgan fingerprint density at radius 1 is 1.62 bits per heavy atom. The molecule has 2 N–H and O–H groups in total. The van der Waals surface area contributed by atoms with E-state index in [0.29, 0.717) is 11.2 Å². The molecule has 2 heterocycles. The normalized spacial score (nSPS) is 10.5. The van der Waals surface area contributed by atoms with Gasteiger partial charge in [0, 0.05) is 11.9 Å². The van der Waals surface area contributed by atoms with Crippen molar-refractivity contribution in [3.63, 3.8) is 0 Å². The maximum atomic E-state index is 10.9. The predicted molar refractivity (Wildman–Crippen MR) is 46.2 cm³/mol. The average Bonchev–Trinajstić information content (AvgIpc) is 2.46. The number of carbonyl (C=O) groups excluding carboxylic acids is 1. The second kappa shape index (κ2) is 2.55. The molecule has 0 aromatic carbocycles. The highest BCUT2D eigenvalue weighted by molar-refractivity contribution is 5.98. The molecule has 0 aliphatic carbocycles. The van der Waals surface area contributed by atoms with Gasteiger partial charge in [0.15, 0.2) is 5.65 Å². The maximum absolute atomic E-state index is 10.9. The lowest BCUT2D eigenvalue weighted by atomic mass is 10.3. The van der Waals surface area contributed by atoms with Crippen molar-refractivity contribution in [2.24, 2.45) is 5.73 Å². The molecule has 0 aliphatic heterocycles. The molecule has 2 aromatic rings. The minimum atomic E-state index is -0.506. The maximum Gasteiger partial charge on any atom is 0.254 e. The number of amides is 1. The van der Waals surface area contributed by atoms with Crippen molar-refractivity contribution in [2.45, 2.75) is 6.92 Å². The Balaban J connectivity index is 2.79. The highest BCUT2D eigenvalue weighted by Crippen LogP contribution is 2.06. The van der Waals surface area contributed by atoms with Gasteiger partial charge in [0.2, 0.25) is 0 Å². The third-order valence-corrected chi connectivity index (χ3v) is 1.77. The van der Waals surface area contributed by atoms with Gasteiger partial charge in [-0.3, -0.25) is 4.79 Å². The van der Waals surface area contributed by atoms with Crippen LogP contribution in [0.25, 0.3) is 5.65 Å². The first-order valence-corrected chi connectivity index (χ1v) is 3.79. The van der Waals surface area contributed by atoms with Gasteiger partial charge in [0.1, 0.15) is 5.56 Å². The monoisotopic (exact) mass is 176 g/mol. The molecule has 0 aliphatic rings. The summed E-state index contributed by atoms with van der Waals surface area (Å²) in [5.41, 5.74) is 6.83. The van der Waals surface area contributed by atoms with E-state index in [1.54, 1.807) is 6.20 Å². The second-order valence-corrected chi connectivity index (χ2v) is 2.76. The molecule has 1 amide bonds. The zero-order valence-electron chi connectivity index (χ0n) is 7.06. The number of rotatable bonds is 1. The number of aromatic nitrogens is 3. The Kier molecular flexibility index (Phi) is 1.51. The Bertz CT molecular complexity index is 474. The molecule has 0 saturated heterocycles. The smallest absolute Gasteiger partial charge is 0.254 e. The third kappa shape index (κ3) is 1.14.